The third kappa shape index (κ3) is 4.92. The summed E-state index contributed by atoms with van der Waals surface area (Å²) in [4.78, 5) is 25.6. The molecule has 1 N–H and O–H groups in total. The lowest BCUT2D eigenvalue weighted by Crippen LogP contribution is -2.52. The molecule has 1 aliphatic heterocycles. The van der Waals surface area contributed by atoms with E-state index in [0.29, 0.717) is 5.02 Å². The number of amides is 2. The van der Waals surface area contributed by atoms with Crippen LogP contribution in [-0.4, -0.2) is 62.2 Å². The van der Waals surface area contributed by atoms with Crippen LogP contribution in [0.25, 0.3) is 0 Å². The van der Waals surface area contributed by atoms with Gasteiger partial charge in [-0.1, -0.05) is 35.3 Å². The molecule has 1 fully saturated rings. The second-order valence-electron chi connectivity index (χ2n) is 6.52. The zero-order valence-electron chi connectivity index (χ0n) is 15.6. The molecule has 1 aliphatic rings. The van der Waals surface area contributed by atoms with Crippen molar-refractivity contribution in [1.29, 1.82) is 0 Å². The Morgan fingerprint density at radius 2 is 1.70 bits per heavy atom. The number of rotatable bonds is 5. The van der Waals surface area contributed by atoms with E-state index in [1.807, 2.05) is 0 Å². The lowest BCUT2D eigenvalue weighted by molar-refractivity contribution is -0.131. The van der Waals surface area contributed by atoms with Gasteiger partial charge < -0.3 is 10.2 Å². The summed E-state index contributed by atoms with van der Waals surface area (Å²) >= 11 is 11.8. The van der Waals surface area contributed by atoms with Crippen LogP contribution >= 0.6 is 23.2 Å². The number of hydrogen-bond donors (Lipinski definition) is 1. The predicted octanol–water partition coefficient (Wildman–Crippen LogP) is 2.40. The van der Waals surface area contributed by atoms with Gasteiger partial charge in [-0.15, -0.1) is 0 Å². The summed E-state index contributed by atoms with van der Waals surface area (Å²) in [5.41, 5.74) is 0.190. The van der Waals surface area contributed by atoms with Crippen LogP contribution in [0.1, 0.15) is 10.4 Å². The highest BCUT2D eigenvalue weighted by Crippen LogP contribution is 2.21. The first-order valence-corrected chi connectivity index (χ1v) is 11.2. The second kappa shape index (κ2) is 9.30. The van der Waals surface area contributed by atoms with Crippen molar-refractivity contribution in [2.45, 2.75) is 4.90 Å². The van der Waals surface area contributed by atoms with Gasteiger partial charge in [0.2, 0.25) is 15.9 Å². The molecule has 0 spiro atoms. The standard InChI is InChI=1S/C19H18Cl2FN3O4S/c20-13-5-6-14(15(21)11-13)19(27)23-12-18(26)24-7-9-25(10-8-24)30(28,29)17-4-2-1-3-16(17)22/h1-6,11H,7-10,12H2,(H,23,27). The van der Waals surface area contributed by atoms with Gasteiger partial charge in [0.1, 0.15) is 10.7 Å². The maximum atomic E-state index is 13.9. The Hall–Kier alpha value is -2.20. The largest absolute Gasteiger partial charge is 0.343 e. The average molecular weight is 474 g/mol. The summed E-state index contributed by atoms with van der Waals surface area (Å²) in [6, 6.07) is 9.55. The smallest absolute Gasteiger partial charge is 0.253 e. The lowest BCUT2D eigenvalue weighted by atomic mass is 10.2. The summed E-state index contributed by atoms with van der Waals surface area (Å²) in [6.07, 6.45) is 0. The molecule has 1 saturated heterocycles. The maximum absolute atomic E-state index is 13.9. The molecule has 2 aromatic carbocycles. The van der Waals surface area contributed by atoms with E-state index >= 15 is 0 Å². The van der Waals surface area contributed by atoms with Crippen LogP contribution in [0.4, 0.5) is 4.39 Å². The summed E-state index contributed by atoms with van der Waals surface area (Å²) in [7, 11) is -3.99. The number of sulfonamides is 1. The van der Waals surface area contributed by atoms with Gasteiger partial charge in [0, 0.05) is 31.2 Å². The zero-order chi connectivity index (χ0) is 21.9. The van der Waals surface area contributed by atoms with Crippen LogP contribution in [0.3, 0.4) is 0 Å². The molecule has 0 bridgehead atoms. The van der Waals surface area contributed by atoms with E-state index in [2.05, 4.69) is 5.32 Å². The zero-order valence-corrected chi connectivity index (χ0v) is 18.0. The van der Waals surface area contributed by atoms with Crippen LogP contribution in [0.5, 0.6) is 0 Å². The van der Waals surface area contributed by atoms with Crippen LogP contribution in [-0.2, 0) is 14.8 Å². The van der Waals surface area contributed by atoms with Gasteiger partial charge in [-0.05, 0) is 30.3 Å². The maximum Gasteiger partial charge on any atom is 0.253 e. The molecule has 30 heavy (non-hydrogen) atoms. The molecule has 0 saturated carbocycles. The molecule has 0 aliphatic carbocycles. The first-order valence-electron chi connectivity index (χ1n) is 8.96. The number of benzene rings is 2. The number of piperazine rings is 1. The Balaban J connectivity index is 1.55. The number of nitrogens with one attached hydrogen (secondary N) is 1. The van der Waals surface area contributed by atoms with Gasteiger partial charge in [0.15, 0.2) is 0 Å². The van der Waals surface area contributed by atoms with Gasteiger partial charge in [-0.25, -0.2) is 12.8 Å². The SMILES string of the molecule is O=C(NCC(=O)N1CCN(S(=O)(=O)c2ccccc2F)CC1)c1ccc(Cl)cc1Cl. The monoisotopic (exact) mass is 473 g/mol. The molecule has 3 rings (SSSR count). The Morgan fingerprint density at radius 3 is 2.33 bits per heavy atom. The highest BCUT2D eigenvalue weighted by molar-refractivity contribution is 7.89. The van der Waals surface area contributed by atoms with Crippen molar-refractivity contribution in [2.75, 3.05) is 32.7 Å². The fourth-order valence-corrected chi connectivity index (χ4v) is 4.99. The summed E-state index contributed by atoms with van der Waals surface area (Å²) < 4.78 is 40.3. The molecule has 2 amide bonds. The van der Waals surface area contributed by atoms with E-state index in [1.165, 1.54) is 41.3 Å². The van der Waals surface area contributed by atoms with Crippen molar-refractivity contribution in [1.82, 2.24) is 14.5 Å². The molecule has 0 unspecified atom stereocenters. The fraction of sp³-hybridized carbons (Fsp3) is 0.263. The number of carbonyl (C=O) groups is 2. The molecule has 0 aromatic heterocycles. The summed E-state index contributed by atoms with van der Waals surface area (Å²) in [5.74, 6) is -1.71. The first kappa shape index (κ1) is 22.5. The molecule has 2 aromatic rings. The molecular weight excluding hydrogens is 456 g/mol. The van der Waals surface area contributed by atoms with E-state index in [9.17, 15) is 22.4 Å². The minimum atomic E-state index is -3.99. The Morgan fingerprint density at radius 1 is 1.03 bits per heavy atom. The van der Waals surface area contributed by atoms with E-state index in [1.54, 1.807) is 0 Å². The fourth-order valence-electron chi connectivity index (χ4n) is 3.01. The molecule has 7 nitrogen and oxygen atoms in total. The minimum Gasteiger partial charge on any atom is -0.343 e. The number of nitrogens with zero attached hydrogens (tertiary/aromatic N) is 2. The van der Waals surface area contributed by atoms with E-state index in [-0.39, 0.29) is 49.2 Å². The molecule has 0 radical (unpaired) electrons. The normalized spacial score (nSPS) is 15.1. The minimum absolute atomic E-state index is 0.0271. The van der Waals surface area contributed by atoms with E-state index in [0.717, 1.165) is 10.4 Å². The van der Waals surface area contributed by atoms with Gasteiger partial charge in [-0.3, -0.25) is 9.59 Å². The summed E-state index contributed by atoms with van der Waals surface area (Å²) in [6.45, 7) is 0.0464. The van der Waals surface area contributed by atoms with Gasteiger partial charge in [-0.2, -0.15) is 4.31 Å². The number of halogens is 3. The Labute approximate surface area is 183 Å². The molecule has 11 heteroatoms. The number of carbonyl (C=O) groups excluding carboxylic acids is 2. The van der Waals surface area contributed by atoms with Crippen LogP contribution in [0.15, 0.2) is 47.4 Å². The van der Waals surface area contributed by atoms with Gasteiger partial charge >= 0.3 is 0 Å². The van der Waals surface area contributed by atoms with Crippen LogP contribution < -0.4 is 5.32 Å². The third-order valence-corrected chi connectivity index (χ3v) is 7.10. The molecule has 1 heterocycles. The van der Waals surface area contributed by atoms with Crippen molar-refractivity contribution >= 4 is 45.0 Å². The molecular formula is C19H18Cl2FN3O4S. The van der Waals surface area contributed by atoms with Crippen molar-refractivity contribution in [2.24, 2.45) is 0 Å². The van der Waals surface area contributed by atoms with E-state index in [4.69, 9.17) is 23.2 Å². The molecule has 160 valence electrons. The number of hydrogen-bond acceptors (Lipinski definition) is 4. The topological polar surface area (TPSA) is 86.8 Å². The van der Waals surface area contributed by atoms with Crippen molar-refractivity contribution in [3.8, 4) is 0 Å². The average Bonchev–Trinajstić information content (AvgIpc) is 2.72. The third-order valence-electron chi connectivity index (χ3n) is 4.62. The second-order valence-corrected chi connectivity index (χ2v) is 9.27. The highest BCUT2D eigenvalue weighted by Gasteiger charge is 2.31. The van der Waals surface area contributed by atoms with E-state index < -0.39 is 26.6 Å². The van der Waals surface area contributed by atoms with Crippen molar-refractivity contribution in [3.63, 3.8) is 0 Å². The quantitative estimate of drug-likeness (QED) is 0.721. The first-order chi connectivity index (χ1) is 14.2. The van der Waals surface area contributed by atoms with Crippen LogP contribution in [0, 0.1) is 5.82 Å². The Bertz CT molecular complexity index is 1070. The van der Waals surface area contributed by atoms with Crippen LogP contribution in [0.2, 0.25) is 10.0 Å². The van der Waals surface area contributed by atoms with Crippen molar-refractivity contribution < 1.29 is 22.4 Å². The van der Waals surface area contributed by atoms with Gasteiger partial charge in [0.05, 0.1) is 17.1 Å². The van der Waals surface area contributed by atoms with Gasteiger partial charge in [0.25, 0.3) is 5.91 Å². The molecule has 0 atom stereocenters. The lowest BCUT2D eigenvalue weighted by Gasteiger charge is -2.34. The summed E-state index contributed by atoms with van der Waals surface area (Å²) in [5, 5.41) is 3.04. The van der Waals surface area contributed by atoms with Crippen molar-refractivity contribution in [3.05, 3.63) is 63.9 Å². The Kier molecular flexibility index (Phi) is 6.97. The highest BCUT2D eigenvalue weighted by atomic mass is 35.5. The predicted molar refractivity (Wildman–Crippen MR) is 111 cm³/mol.